The summed E-state index contributed by atoms with van der Waals surface area (Å²) in [7, 11) is 1.64. The molecule has 1 aliphatic carbocycles. The van der Waals surface area contributed by atoms with Crippen molar-refractivity contribution in [2.45, 2.75) is 45.1 Å². The minimum atomic E-state index is 0.0349. The van der Waals surface area contributed by atoms with Crippen LogP contribution in [0.1, 0.15) is 48.0 Å². The van der Waals surface area contributed by atoms with Crippen molar-refractivity contribution in [1.29, 1.82) is 0 Å². The zero-order valence-electron chi connectivity index (χ0n) is 11.2. The molecule has 1 saturated carbocycles. The van der Waals surface area contributed by atoms with Gasteiger partial charge in [-0.25, -0.2) is 0 Å². The Kier molecular flexibility index (Phi) is 4.24. The highest BCUT2D eigenvalue weighted by atomic mass is 16.5. The summed E-state index contributed by atoms with van der Waals surface area (Å²) < 4.78 is 5.20. The number of carbonyl (C=O) groups excluding carboxylic acids is 1. The molecular weight excluding hydrogens is 226 g/mol. The van der Waals surface area contributed by atoms with E-state index in [1.165, 1.54) is 19.3 Å². The van der Waals surface area contributed by atoms with E-state index < -0.39 is 0 Å². The van der Waals surface area contributed by atoms with Gasteiger partial charge < -0.3 is 10.1 Å². The number of nitrogens with one attached hydrogen (secondary N) is 1. The molecule has 1 aromatic rings. The number of methoxy groups -OCH3 is 1. The standard InChI is InChI=1S/C15H21NO2/c1-11-10-12(8-9-14(11)18-2)15(17)16-13-6-4-3-5-7-13/h8-10,13H,3-7H2,1-2H3,(H,16,17). The molecule has 0 unspecified atom stereocenters. The van der Waals surface area contributed by atoms with E-state index in [9.17, 15) is 4.79 Å². The maximum atomic E-state index is 12.1. The first kappa shape index (κ1) is 12.9. The fourth-order valence-electron chi connectivity index (χ4n) is 2.54. The van der Waals surface area contributed by atoms with Crippen molar-refractivity contribution in [3.63, 3.8) is 0 Å². The number of ether oxygens (including phenoxy) is 1. The van der Waals surface area contributed by atoms with E-state index in [-0.39, 0.29) is 5.91 Å². The lowest BCUT2D eigenvalue weighted by atomic mass is 9.95. The summed E-state index contributed by atoms with van der Waals surface area (Å²) in [4.78, 5) is 12.1. The predicted octanol–water partition coefficient (Wildman–Crippen LogP) is 3.07. The fraction of sp³-hybridized carbons (Fsp3) is 0.533. The van der Waals surface area contributed by atoms with Crippen LogP contribution in [-0.4, -0.2) is 19.1 Å². The lowest BCUT2D eigenvalue weighted by Crippen LogP contribution is -2.36. The summed E-state index contributed by atoms with van der Waals surface area (Å²) in [5.41, 5.74) is 1.72. The van der Waals surface area contributed by atoms with Gasteiger partial charge in [-0.15, -0.1) is 0 Å². The highest BCUT2D eigenvalue weighted by Crippen LogP contribution is 2.20. The van der Waals surface area contributed by atoms with Gasteiger partial charge in [-0.3, -0.25) is 4.79 Å². The number of aryl methyl sites for hydroxylation is 1. The molecule has 1 aliphatic rings. The van der Waals surface area contributed by atoms with Crippen molar-refractivity contribution in [2.24, 2.45) is 0 Å². The Morgan fingerprint density at radius 1 is 1.28 bits per heavy atom. The third-order valence-corrected chi connectivity index (χ3v) is 3.60. The second-order valence-corrected chi connectivity index (χ2v) is 4.99. The lowest BCUT2D eigenvalue weighted by molar-refractivity contribution is 0.0927. The van der Waals surface area contributed by atoms with Crippen molar-refractivity contribution < 1.29 is 9.53 Å². The van der Waals surface area contributed by atoms with Crippen molar-refractivity contribution in [3.05, 3.63) is 29.3 Å². The molecule has 1 aromatic carbocycles. The number of rotatable bonds is 3. The Morgan fingerprint density at radius 2 is 2.00 bits per heavy atom. The molecule has 0 aromatic heterocycles. The smallest absolute Gasteiger partial charge is 0.251 e. The Morgan fingerprint density at radius 3 is 2.61 bits per heavy atom. The fourth-order valence-corrected chi connectivity index (χ4v) is 2.54. The quantitative estimate of drug-likeness (QED) is 0.891. The maximum Gasteiger partial charge on any atom is 0.251 e. The third-order valence-electron chi connectivity index (χ3n) is 3.60. The van der Waals surface area contributed by atoms with Crippen molar-refractivity contribution in [1.82, 2.24) is 5.32 Å². The van der Waals surface area contributed by atoms with Gasteiger partial charge in [-0.05, 0) is 43.5 Å². The second kappa shape index (κ2) is 5.89. The van der Waals surface area contributed by atoms with Gasteiger partial charge >= 0.3 is 0 Å². The number of hydrogen-bond acceptors (Lipinski definition) is 2. The summed E-state index contributed by atoms with van der Waals surface area (Å²) in [5.74, 6) is 0.858. The molecule has 0 aliphatic heterocycles. The maximum absolute atomic E-state index is 12.1. The summed E-state index contributed by atoms with van der Waals surface area (Å²) in [6, 6.07) is 5.92. The SMILES string of the molecule is COc1ccc(C(=O)NC2CCCCC2)cc1C. The van der Waals surface area contributed by atoms with Gasteiger partial charge in [0.15, 0.2) is 0 Å². The number of carbonyl (C=O) groups is 1. The average molecular weight is 247 g/mol. The zero-order valence-corrected chi connectivity index (χ0v) is 11.2. The zero-order chi connectivity index (χ0) is 13.0. The molecule has 1 N–H and O–H groups in total. The average Bonchev–Trinajstić information content (AvgIpc) is 2.39. The summed E-state index contributed by atoms with van der Waals surface area (Å²) in [6.07, 6.45) is 5.98. The first-order valence-corrected chi connectivity index (χ1v) is 6.66. The highest BCUT2D eigenvalue weighted by molar-refractivity contribution is 5.94. The van der Waals surface area contributed by atoms with Crippen LogP contribution in [0.25, 0.3) is 0 Å². The number of amides is 1. The van der Waals surface area contributed by atoms with Crippen LogP contribution >= 0.6 is 0 Å². The van der Waals surface area contributed by atoms with E-state index in [0.29, 0.717) is 6.04 Å². The van der Waals surface area contributed by atoms with Crippen LogP contribution in [0.2, 0.25) is 0 Å². The molecule has 0 heterocycles. The van der Waals surface area contributed by atoms with Crippen molar-refractivity contribution in [3.8, 4) is 5.75 Å². The first-order chi connectivity index (χ1) is 8.70. The molecule has 18 heavy (non-hydrogen) atoms. The molecule has 98 valence electrons. The van der Waals surface area contributed by atoms with E-state index >= 15 is 0 Å². The summed E-state index contributed by atoms with van der Waals surface area (Å²) in [5, 5.41) is 3.12. The summed E-state index contributed by atoms with van der Waals surface area (Å²) >= 11 is 0. The molecule has 0 saturated heterocycles. The molecule has 0 radical (unpaired) electrons. The molecular formula is C15H21NO2. The van der Waals surface area contributed by atoms with Crippen LogP contribution in [0.4, 0.5) is 0 Å². The van der Waals surface area contributed by atoms with Gasteiger partial charge in [0.1, 0.15) is 5.75 Å². The molecule has 1 amide bonds. The van der Waals surface area contributed by atoms with Gasteiger partial charge in [0.2, 0.25) is 0 Å². The normalized spacial score (nSPS) is 16.3. The van der Waals surface area contributed by atoms with Crippen LogP contribution < -0.4 is 10.1 Å². The topological polar surface area (TPSA) is 38.3 Å². The van der Waals surface area contributed by atoms with Crippen LogP contribution in [0.3, 0.4) is 0 Å². The van der Waals surface area contributed by atoms with E-state index in [4.69, 9.17) is 4.74 Å². The third kappa shape index (κ3) is 3.03. The largest absolute Gasteiger partial charge is 0.496 e. The Hall–Kier alpha value is -1.51. The molecule has 0 bridgehead atoms. The van der Waals surface area contributed by atoms with Crippen LogP contribution in [0, 0.1) is 6.92 Å². The van der Waals surface area contributed by atoms with Gasteiger partial charge in [0, 0.05) is 11.6 Å². The molecule has 0 atom stereocenters. The summed E-state index contributed by atoms with van der Waals surface area (Å²) in [6.45, 7) is 1.95. The van der Waals surface area contributed by atoms with Crippen LogP contribution in [-0.2, 0) is 0 Å². The monoisotopic (exact) mass is 247 g/mol. The Bertz CT molecular complexity index is 423. The van der Waals surface area contributed by atoms with E-state index in [1.807, 2.05) is 25.1 Å². The van der Waals surface area contributed by atoms with Gasteiger partial charge in [0.05, 0.1) is 7.11 Å². The molecule has 0 spiro atoms. The Balaban J connectivity index is 2.01. The molecule has 3 heteroatoms. The van der Waals surface area contributed by atoms with E-state index in [2.05, 4.69) is 5.32 Å². The van der Waals surface area contributed by atoms with Crippen LogP contribution in [0.15, 0.2) is 18.2 Å². The Labute approximate surface area is 109 Å². The van der Waals surface area contributed by atoms with Crippen LogP contribution in [0.5, 0.6) is 5.75 Å². The van der Waals surface area contributed by atoms with E-state index in [0.717, 1.165) is 29.7 Å². The molecule has 2 rings (SSSR count). The second-order valence-electron chi connectivity index (χ2n) is 4.99. The molecule has 1 fully saturated rings. The highest BCUT2D eigenvalue weighted by Gasteiger charge is 2.16. The van der Waals surface area contributed by atoms with Crippen molar-refractivity contribution >= 4 is 5.91 Å². The minimum absolute atomic E-state index is 0.0349. The van der Waals surface area contributed by atoms with Gasteiger partial charge in [0.25, 0.3) is 5.91 Å². The van der Waals surface area contributed by atoms with E-state index in [1.54, 1.807) is 7.11 Å². The number of hydrogen-bond donors (Lipinski definition) is 1. The van der Waals surface area contributed by atoms with Gasteiger partial charge in [-0.2, -0.15) is 0 Å². The number of benzene rings is 1. The van der Waals surface area contributed by atoms with Crippen molar-refractivity contribution in [2.75, 3.05) is 7.11 Å². The van der Waals surface area contributed by atoms with Gasteiger partial charge in [-0.1, -0.05) is 19.3 Å². The predicted molar refractivity (Wildman–Crippen MR) is 72.1 cm³/mol. The first-order valence-electron chi connectivity index (χ1n) is 6.66. The molecule has 3 nitrogen and oxygen atoms in total. The lowest BCUT2D eigenvalue weighted by Gasteiger charge is -2.22. The minimum Gasteiger partial charge on any atom is -0.496 e.